The van der Waals surface area contributed by atoms with Crippen LogP contribution >= 0.6 is 0 Å². The number of carbonyl (C=O) groups is 1. The third-order valence-electron chi connectivity index (χ3n) is 5.31. The molecule has 2 fully saturated rings. The second-order valence-electron chi connectivity index (χ2n) is 6.83. The fraction of sp³-hybridized carbons (Fsp3) is 0.632. The molecule has 1 aromatic carbocycles. The van der Waals surface area contributed by atoms with E-state index in [1.54, 1.807) is 0 Å². The summed E-state index contributed by atoms with van der Waals surface area (Å²) in [5.74, 6) is 1.73. The molecule has 0 N–H and O–H groups in total. The Morgan fingerprint density at radius 3 is 2.52 bits per heavy atom. The molecule has 0 saturated heterocycles. The summed E-state index contributed by atoms with van der Waals surface area (Å²) < 4.78 is 6.02. The zero-order chi connectivity index (χ0) is 14.9. The fourth-order valence-corrected chi connectivity index (χ4v) is 3.86. The van der Waals surface area contributed by atoms with Crippen molar-refractivity contribution in [1.82, 2.24) is 0 Å². The highest BCUT2D eigenvalue weighted by atomic mass is 16.5. The van der Waals surface area contributed by atoms with E-state index in [4.69, 9.17) is 4.74 Å². The van der Waals surface area contributed by atoms with E-state index in [0.717, 1.165) is 38.0 Å². The minimum absolute atomic E-state index is 0.187. The van der Waals surface area contributed by atoms with Crippen LogP contribution in [0.15, 0.2) is 30.3 Å². The van der Waals surface area contributed by atoms with Gasteiger partial charge in [-0.15, -0.1) is 0 Å². The second-order valence-corrected chi connectivity index (χ2v) is 6.83. The number of rotatable bonds is 5. The van der Waals surface area contributed by atoms with Crippen LogP contribution in [0.5, 0.6) is 0 Å². The van der Waals surface area contributed by atoms with Gasteiger partial charge in [-0.2, -0.15) is 0 Å². The molecule has 2 aliphatic carbocycles. The molecular weight excluding hydrogens is 260 g/mol. The molecular formula is C19H26O2. The van der Waals surface area contributed by atoms with Gasteiger partial charge < -0.3 is 4.74 Å². The Hall–Kier alpha value is -1.15. The van der Waals surface area contributed by atoms with Crippen LogP contribution in [0.2, 0.25) is 0 Å². The van der Waals surface area contributed by atoms with Crippen LogP contribution in [-0.4, -0.2) is 18.0 Å². The number of hydrogen-bond donors (Lipinski definition) is 0. The maximum Gasteiger partial charge on any atom is 0.168 e. The van der Waals surface area contributed by atoms with Gasteiger partial charge in [-0.25, -0.2) is 0 Å². The Labute approximate surface area is 127 Å². The Bertz CT molecular complexity index is 486. The van der Waals surface area contributed by atoms with Gasteiger partial charge in [-0.05, 0) is 56.4 Å². The number of ether oxygens (including phenoxy) is 1. The van der Waals surface area contributed by atoms with Crippen molar-refractivity contribution in [2.45, 2.75) is 57.5 Å². The molecule has 2 atom stereocenters. The number of hydrogen-bond acceptors (Lipinski definition) is 2. The molecule has 0 heterocycles. The van der Waals surface area contributed by atoms with Gasteiger partial charge in [0.15, 0.2) is 5.78 Å². The van der Waals surface area contributed by atoms with Crippen molar-refractivity contribution in [3.05, 3.63) is 35.9 Å². The highest BCUT2D eigenvalue weighted by Gasteiger charge is 2.53. The maximum absolute atomic E-state index is 13.0. The highest BCUT2D eigenvalue weighted by Crippen LogP contribution is 2.52. The average Bonchev–Trinajstić information content (AvgIpc) is 3.31. The fourth-order valence-electron chi connectivity index (χ4n) is 3.86. The lowest BCUT2D eigenvalue weighted by Gasteiger charge is -2.38. The van der Waals surface area contributed by atoms with E-state index in [2.05, 4.69) is 31.2 Å². The van der Waals surface area contributed by atoms with Crippen LogP contribution in [0.3, 0.4) is 0 Å². The molecule has 0 aromatic heterocycles. The molecule has 2 nitrogen and oxygen atoms in total. The molecule has 2 unspecified atom stereocenters. The van der Waals surface area contributed by atoms with Crippen molar-refractivity contribution < 1.29 is 9.53 Å². The maximum atomic E-state index is 13.0. The standard InChI is InChI=1S/C19H26O2/c1-3-21-19(11-9-14(2)10-12-19)18(20)17-13-16(17)15-7-5-4-6-8-15/h4-8,14,16-17H,3,9-13H2,1-2H3. The first kappa shape index (κ1) is 14.8. The van der Waals surface area contributed by atoms with Crippen LogP contribution in [0.1, 0.15) is 57.4 Å². The first-order valence-corrected chi connectivity index (χ1v) is 8.39. The minimum atomic E-state index is -0.477. The third kappa shape index (κ3) is 2.91. The molecule has 0 bridgehead atoms. The second kappa shape index (κ2) is 5.92. The van der Waals surface area contributed by atoms with Gasteiger partial charge in [0, 0.05) is 12.5 Å². The average molecular weight is 286 g/mol. The van der Waals surface area contributed by atoms with E-state index in [-0.39, 0.29) is 5.92 Å². The molecule has 0 spiro atoms. The van der Waals surface area contributed by atoms with E-state index in [0.29, 0.717) is 18.3 Å². The number of ketones is 1. The summed E-state index contributed by atoms with van der Waals surface area (Å²) in [5, 5.41) is 0. The van der Waals surface area contributed by atoms with Crippen LogP contribution in [-0.2, 0) is 9.53 Å². The molecule has 2 aliphatic rings. The molecule has 2 heteroatoms. The van der Waals surface area contributed by atoms with Gasteiger partial charge in [-0.1, -0.05) is 37.3 Å². The summed E-state index contributed by atoms with van der Waals surface area (Å²) in [6, 6.07) is 10.5. The topological polar surface area (TPSA) is 26.3 Å². The van der Waals surface area contributed by atoms with Gasteiger partial charge in [0.2, 0.25) is 0 Å². The quantitative estimate of drug-likeness (QED) is 0.804. The van der Waals surface area contributed by atoms with Crippen molar-refractivity contribution in [2.75, 3.05) is 6.61 Å². The Balaban J connectivity index is 1.71. The summed E-state index contributed by atoms with van der Waals surface area (Å²) in [6.45, 7) is 4.93. The summed E-state index contributed by atoms with van der Waals surface area (Å²) in [7, 11) is 0. The predicted molar refractivity (Wildman–Crippen MR) is 84.3 cm³/mol. The largest absolute Gasteiger partial charge is 0.367 e. The van der Waals surface area contributed by atoms with E-state index < -0.39 is 5.60 Å². The van der Waals surface area contributed by atoms with Crippen molar-refractivity contribution >= 4 is 5.78 Å². The monoisotopic (exact) mass is 286 g/mol. The van der Waals surface area contributed by atoms with Gasteiger partial charge in [0.1, 0.15) is 5.60 Å². The lowest BCUT2D eigenvalue weighted by Crippen LogP contribution is -2.45. The summed E-state index contributed by atoms with van der Waals surface area (Å²) in [6.07, 6.45) is 5.08. The zero-order valence-electron chi connectivity index (χ0n) is 13.2. The number of Topliss-reactive ketones (excluding diaryl/α,β-unsaturated/α-hetero) is 1. The Kier molecular flexibility index (Phi) is 4.17. The molecule has 0 amide bonds. The van der Waals surface area contributed by atoms with Crippen LogP contribution in [0, 0.1) is 11.8 Å². The van der Waals surface area contributed by atoms with Crippen molar-refractivity contribution in [3.63, 3.8) is 0 Å². The third-order valence-corrected chi connectivity index (χ3v) is 5.31. The summed E-state index contributed by atoms with van der Waals surface area (Å²) >= 11 is 0. The molecule has 0 aliphatic heterocycles. The van der Waals surface area contributed by atoms with Crippen LogP contribution in [0.25, 0.3) is 0 Å². The highest BCUT2D eigenvalue weighted by molar-refractivity contribution is 5.92. The van der Waals surface area contributed by atoms with Gasteiger partial charge in [0.05, 0.1) is 0 Å². The lowest BCUT2D eigenvalue weighted by atomic mass is 9.75. The Morgan fingerprint density at radius 2 is 1.90 bits per heavy atom. The molecule has 3 rings (SSSR count). The van der Waals surface area contributed by atoms with Crippen LogP contribution < -0.4 is 0 Å². The van der Waals surface area contributed by atoms with E-state index >= 15 is 0 Å². The van der Waals surface area contributed by atoms with Crippen molar-refractivity contribution in [3.8, 4) is 0 Å². The normalized spacial score (nSPS) is 35.4. The smallest absolute Gasteiger partial charge is 0.168 e. The zero-order valence-corrected chi connectivity index (χ0v) is 13.2. The summed E-state index contributed by atoms with van der Waals surface area (Å²) in [4.78, 5) is 13.0. The van der Waals surface area contributed by atoms with Gasteiger partial charge >= 0.3 is 0 Å². The lowest BCUT2D eigenvalue weighted by molar-refractivity contribution is -0.151. The van der Waals surface area contributed by atoms with Crippen molar-refractivity contribution in [1.29, 1.82) is 0 Å². The number of carbonyl (C=O) groups excluding carboxylic acids is 1. The van der Waals surface area contributed by atoms with Crippen molar-refractivity contribution in [2.24, 2.45) is 11.8 Å². The molecule has 1 aromatic rings. The van der Waals surface area contributed by atoms with Gasteiger partial charge in [0.25, 0.3) is 0 Å². The minimum Gasteiger partial charge on any atom is -0.367 e. The van der Waals surface area contributed by atoms with E-state index in [9.17, 15) is 4.79 Å². The molecule has 21 heavy (non-hydrogen) atoms. The Morgan fingerprint density at radius 1 is 1.24 bits per heavy atom. The van der Waals surface area contributed by atoms with E-state index in [1.165, 1.54) is 5.56 Å². The predicted octanol–water partition coefficient (Wildman–Crippen LogP) is 4.34. The number of benzene rings is 1. The molecule has 0 radical (unpaired) electrons. The summed E-state index contributed by atoms with van der Waals surface area (Å²) in [5.41, 5.74) is 0.835. The molecule has 2 saturated carbocycles. The SMILES string of the molecule is CCOC1(C(=O)C2CC2c2ccccc2)CCC(C)CC1. The first-order valence-electron chi connectivity index (χ1n) is 8.39. The van der Waals surface area contributed by atoms with E-state index in [1.807, 2.05) is 13.0 Å². The van der Waals surface area contributed by atoms with Crippen LogP contribution in [0.4, 0.5) is 0 Å². The molecule has 114 valence electrons. The first-order chi connectivity index (χ1) is 10.2. The van der Waals surface area contributed by atoms with Gasteiger partial charge in [-0.3, -0.25) is 4.79 Å².